The molecule has 0 bridgehead atoms. The van der Waals surface area contributed by atoms with Crippen molar-refractivity contribution in [1.29, 1.82) is 0 Å². The number of hydrogen-bond donors (Lipinski definition) is 1. The van der Waals surface area contributed by atoms with E-state index in [1.165, 1.54) is 11.3 Å². The third kappa shape index (κ3) is 1.38. The second-order valence-electron chi connectivity index (χ2n) is 2.86. The smallest absolute Gasteiger partial charge is 0.0965 e. The van der Waals surface area contributed by atoms with Gasteiger partial charge in [0.2, 0.25) is 0 Å². The van der Waals surface area contributed by atoms with Crippen LogP contribution in [0.2, 0.25) is 4.34 Å². The fraction of sp³-hybridized carbons (Fsp3) is 0.500. The Labute approximate surface area is 79.7 Å². The van der Waals surface area contributed by atoms with Crippen LogP contribution in [0, 0.1) is 0 Å². The maximum Gasteiger partial charge on any atom is 0.0965 e. The standard InChI is InChI=1S/C8H9ClO2S/c9-8-5(1-2-12-8)6-3-11-4-7(6)10/h1-2,6-7,10H,3-4H2. The average molecular weight is 205 g/mol. The number of aliphatic hydroxyl groups excluding tert-OH is 1. The van der Waals surface area contributed by atoms with Crippen LogP contribution < -0.4 is 0 Å². The first-order valence-electron chi connectivity index (χ1n) is 3.77. The van der Waals surface area contributed by atoms with Crippen molar-refractivity contribution >= 4 is 22.9 Å². The molecule has 2 rings (SSSR count). The highest BCUT2D eigenvalue weighted by atomic mass is 35.5. The molecule has 66 valence electrons. The summed E-state index contributed by atoms with van der Waals surface area (Å²) in [6.07, 6.45) is -0.392. The second-order valence-corrected chi connectivity index (χ2v) is 4.38. The van der Waals surface area contributed by atoms with E-state index >= 15 is 0 Å². The molecular formula is C8H9ClO2S. The van der Waals surface area contributed by atoms with Crippen LogP contribution >= 0.6 is 22.9 Å². The van der Waals surface area contributed by atoms with E-state index in [9.17, 15) is 5.11 Å². The molecule has 0 aliphatic carbocycles. The molecule has 1 fully saturated rings. The highest BCUT2D eigenvalue weighted by Crippen LogP contribution is 2.34. The van der Waals surface area contributed by atoms with Crippen molar-refractivity contribution in [2.75, 3.05) is 13.2 Å². The molecule has 0 saturated carbocycles. The van der Waals surface area contributed by atoms with Crippen molar-refractivity contribution < 1.29 is 9.84 Å². The first-order valence-corrected chi connectivity index (χ1v) is 5.03. The lowest BCUT2D eigenvalue weighted by Crippen LogP contribution is -2.15. The van der Waals surface area contributed by atoms with Gasteiger partial charge in [0.1, 0.15) is 0 Å². The van der Waals surface area contributed by atoms with Crippen molar-refractivity contribution in [2.45, 2.75) is 12.0 Å². The van der Waals surface area contributed by atoms with Gasteiger partial charge in [0.25, 0.3) is 0 Å². The van der Waals surface area contributed by atoms with Gasteiger partial charge in [-0.05, 0) is 17.0 Å². The van der Waals surface area contributed by atoms with E-state index < -0.39 is 6.10 Å². The van der Waals surface area contributed by atoms with E-state index in [1.807, 2.05) is 11.4 Å². The van der Waals surface area contributed by atoms with Crippen LogP contribution in [-0.2, 0) is 4.74 Å². The third-order valence-corrected chi connectivity index (χ3v) is 3.30. The van der Waals surface area contributed by atoms with E-state index in [1.54, 1.807) is 0 Å². The summed E-state index contributed by atoms with van der Waals surface area (Å²) in [5, 5.41) is 11.4. The van der Waals surface area contributed by atoms with E-state index in [2.05, 4.69) is 0 Å². The summed E-state index contributed by atoms with van der Waals surface area (Å²) in [7, 11) is 0. The van der Waals surface area contributed by atoms with Crippen molar-refractivity contribution in [3.05, 3.63) is 21.3 Å². The van der Waals surface area contributed by atoms with Gasteiger partial charge in [0.05, 0.1) is 23.7 Å². The normalized spacial score (nSPS) is 29.5. The summed E-state index contributed by atoms with van der Waals surface area (Å²) in [5.74, 6) is 0.0729. The molecule has 0 aromatic carbocycles. The zero-order valence-electron chi connectivity index (χ0n) is 6.37. The van der Waals surface area contributed by atoms with Crippen LogP contribution in [0.15, 0.2) is 11.4 Å². The molecule has 4 heteroatoms. The Balaban J connectivity index is 2.24. The number of thiophene rings is 1. The fourth-order valence-corrected chi connectivity index (χ4v) is 2.46. The van der Waals surface area contributed by atoms with Crippen molar-refractivity contribution in [3.8, 4) is 0 Å². The van der Waals surface area contributed by atoms with E-state index in [0.717, 1.165) is 9.90 Å². The van der Waals surface area contributed by atoms with Crippen LogP contribution in [-0.4, -0.2) is 24.4 Å². The number of aliphatic hydroxyl groups is 1. The largest absolute Gasteiger partial charge is 0.390 e. The van der Waals surface area contributed by atoms with Crippen molar-refractivity contribution in [1.82, 2.24) is 0 Å². The van der Waals surface area contributed by atoms with E-state index in [-0.39, 0.29) is 5.92 Å². The molecule has 12 heavy (non-hydrogen) atoms. The molecule has 0 amide bonds. The molecule has 1 aliphatic rings. The predicted octanol–water partition coefficient (Wildman–Crippen LogP) is 1.88. The Bertz CT molecular complexity index is 274. The molecule has 1 aromatic rings. The summed E-state index contributed by atoms with van der Waals surface area (Å²) < 4.78 is 5.91. The third-order valence-electron chi connectivity index (χ3n) is 2.10. The molecular weight excluding hydrogens is 196 g/mol. The molecule has 2 heterocycles. The van der Waals surface area contributed by atoms with Gasteiger partial charge in [-0.25, -0.2) is 0 Å². The summed E-state index contributed by atoms with van der Waals surface area (Å²) in [4.78, 5) is 0. The molecule has 1 saturated heterocycles. The van der Waals surface area contributed by atoms with Gasteiger partial charge in [-0.3, -0.25) is 0 Å². The van der Waals surface area contributed by atoms with Crippen molar-refractivity contribution in [2.24, 2.45) is 0 Å². The zero-order chi connectivity index (χ0) is 8.55. The topological polar surface area (TPSA) is 29.5 Å². The SMILES string of the molecule is OC1COCC1c1ccsc1Cl. The molecule has 2 unspecified atom stereocenters. The molecule has 1 aliphatic heterocycles. The van der Waals surface area contributed by atoms with Gasteiger partial charge < -0.3 is 9.84 Å². The Morgan fingerprint density at radius 2 is 2.42 bits per heavy atom. The number of ether oxygens (including phenoxy) is 1. The van der Waals surface area contributed by atoms with Gasteiger partial charge in [-0.15, -0.1) is 11.3 Å². The highest BCUT2D eigenvalue weighted by molar-refractivity contribution is 7.14. The van der Waals surface area contributed by atoms with Crippen LogP contribution in [0.4, 0.5) is 0 Å². The Morgan fingerprint density at radius 3 is 2.92 bits per heavy atom. The van der Waals surface area contributed by atoms with E-state index in [4.69, 9.17) is 16.3 Å². The lowest BCUT2D eigenvalue weighted by atomic mass is 10.00. The first kappa shape index (κ1) is 8.51. The number of rotatable bonds is 1. The van der Waals surface area contributed by atoms with Crippen LogP contribution in [0.5, 0.6) is 0 Å². The van der Waals surface area contributed by atoms with Gasteiger partial charge in [-0.2, -0.15) is 0 Å². The van der Waals surface area contributed by atoms with Crippen LogP contribution in [0.3, 0.4) is 0 Å². The number of halogens is 1. The summed E-state index contributed by atoms with van der Waals surface area (Å²) >= 11 is 7.43. The maximum absolute atomic E-state index is 9.51. The molecule has 2 nitrogen and oxygen atoms in total. The Hall–Kier alpha value is -0.0900. The highest BCUT2D eigenvalue weighted by Gasteiger charge is 2.29. The van der Waals surface area contributed by atoms with Crippen molar-refractivity contribution in [3.63, 3.8) is 0 Å². The second kappa shape index (κ2) is 3.34. The average Bonchev–Trinajstić information content (AvgIpc) is 2.59. The van der Waals surface area contributed by atoms with Gasteiger partial charge in [0, 0.05) is 5.92 Å². The number of hydrogen-bond acceptors (Lipinski definition) is 3. The predicted molar refractivity (Wildman–Crippen MR) is 48.9 cm³/mol. The summed E-state index contributed by atoms with van der Waals surface area (Å²) in [6, 6.07) is 1.95. The van der Waals surface area contributed by atoms with Gasteiger partial charge >= 0.3 is 0 Å². The van der Waals surface area contributed by atoms with E-state index in [0.29, 0.717) is 13.2 Å². The maximum atomic E-state index is 9.51. The Kier molecular flexibility index (Phi) is 2.37. The summed E-state index contributed by atoms with van der Waals surface area (Å²) in [6.45, 7) is 1.01. The first-order chi connectivity index (χ1) is 5.79. The fourth-order valence-electron chi connectivity index (χ4n) is 1.41. The quantitative estimate of drug-likeness (QED) is 0.757. The minimum absolute atomic E-state index is 0.0729. The monoisotopic (exact) mass is 204 g/mol. The molecule has 1 N–H and O–H groups in total. The molecule has 0 spiro atoms. The molecule has 0 radical (unpaired) electrons. The minimum Gasteiger partial charge on any atom is -0.390 e. The summed E-state index contributed by atoms with van der Waals surface area (Å²) in [5.41, 5.74) is 1.02. The lowest BCUT2D eigenvalue weighted by Gasteiger charge is -2.10. The van der Waals surface area contributed by atoms with Gasteiger partial charge in [0.15, 0.2) is 0 Å². The Morgan fingerprint density at radius 1 is 1.58 bits per heavy atom. The zero-order valence-corrected chi connectivity index (χ0v) is 7.94. The molecule has 1 aromatic heterocycles. The molecule has 2 atom stereocenters. The van der Waals surface area contributed by atoms with Crippen LogP contribution in [0.25, 0.3) is 0 Å². The minimum atomic E-state index is -0.392. The van der Waals surface area contributed by atoms with Crippen LogP contribution in [0.1, 0.15) is 11.5 Å². The lowest BCUT2D eigenvalue weighted by molar-refractivity contribution is 0.124. The van der Waals surface area contributed by atoms with Gasteiger partial charge in [-0.1, -0.05) is 11.6 Å².